The molecule has 0 radical (unpaired) electrons. The van der Waals surface area contributed by atoms with Crippen LogP contribution in [0.25, 0.3) is 10.9 Å². The van der Waals surface area contributed by atoms with Gasteiger partial charge >= 0.3 is 0 Å². The molecule has 0 spiro atoms. The van der Waals surface area contributed by atoms with Crippen molar-refractivity contribution in [1.29, 1.82) is 0 Å². The molecule has 3 heteroatoms. The maximum absolute atomic E-state index is 4.63. The lowest BCUT2D eigenvalue weighted by Crippen LogP contribution is -2.03. The second-order valence-corrected chi connectivity index (χ2v) is 4.72. The summed E-state index contributed by atoms with van der Waals surface area (Å²) in [6.45, 7) is 7.20. The van der Waals surface area contributed by atoms with E-state index in [1.54, 1.807) is 0 Å². The van der Waals surface area contributed by atoms with Crippen molar-refractivity contribution in [1.82, 2.24) is 4.98 Å². The normalized spacial score (nSPS) is 10.8. The van der Waals surface area contributed by atoms with Gasteiger partial charge in [-0.15, -0.1) is 0 Å². The number of nitrogens with one attached hydrogen (secondary N) is 1. The molecule has 0 amide bonds. The molecule has 84 valence electrons. The maximum Gasteiger partial charge on any atom is 0.0868 e. The molecule has 0 atom stereocenters. The van der Waals surface area contributed by atoms with E-state index in [1.165, 1.54) is 16.6 Å². The van der Waals surface area contributed by atoms with E-state index >= 15 is 0 Å². The van der Waals surface area contributed by atoms with Crippen LogP contribution in [0.15, 0.2) is 22.7 Å². The Morgan fingerprint density at radius 1 is 1.31 bits per heavy atom. The Bertz CT molecular complexity index is 535. The summed E-state index contributed by atoms with van der Waals surface area (Å²) in [4.78, 5) is 4.63. The molecule has 16 heavy (non-hydrogen) atoms. The van der Waals surface area contributed by atoms with E-state index in [-0.39, 0.29) is 0 Å². The van der Waals surface area contributed by atoms with Crippen molar-refractivity contribution in [3.8, 4) is 0 Å². The average molecular weight is 279 g/mol. The molecular formula is C13H15BrN2. The van der Waals surface area contributed by atoms with E-state index in [0.717, 1.165) is 22.2 Å². The summed E-state index contributed by atoms with van der Waals surface area (Å²) in [6, 6.07) is 6.18. The summed E-state index contributed by atoms with van der Waals surface area (Å²) in [5, 5.41) is 4.61. The van der Waals surface area contributed by atoms with E-state index in [2.05, 4.69) is 53.1 Å². The van der Waals surface area contributed by atoms with Crippen molar-refractivity contribution in [2.45, 2.75) is 20.8 Å². The Labute approximate surface area is 104 Å². The smallest absolute Gasteiger partial charge is 0.0868 e. The number of hydrogen-bond donors (Lipinski definition) is 1. The fourth-order valence-corrected chi connectivity index (χ4v) is 2.32. The highest BCUT2D eigenvalue weighted by Gasteiger charge is 2.09. The van der Waals surface area contributed by atoms with Crippen molar-refractivity contribution in [3.63, 3.8) is 0 Å². The van der Waals surface area contributed by atoms with Crippen LogP contribution in [-0.2, 0) is 0 Å². The number of halogens is 1. The van der Waals surface area contributed by atoms with E-state index < -0.39 is 0 Å². The van der Waals surface area contributed by atoms with Gasteiger partial charge in [0.05, 0.1) is 5.52 Å². The molecule has 0 saturated heterocycles. The Hall–Kier alpha value is -1.09. The summed E-state index contributed by atoms with van der Waals surface area (Å²) in [5.41, 5.74) is 4.54. The zero-order chi connectivity index (χ0) is 11.7. The molecule has 0 unspecified atom stereocenters. The lowest BCUT2D eigenvalue weighted by molar-refractivity contribution is 1.15. The molecule has 0 fully saturated rings. The van der Waals surface area contributed by atoms with Crippen molar-refractivity contribution >= 4 is 32.5 Å². The van der Waals surface area contributed by atoms with Gasteiger partial charge in [0.15, 0.2) is 0 Å². The van der Waals surface area contributed by atoms with Gasteiger partial charge < -0.3 is 5.32 Å². The Morgan fingerprint density at radius 3 is 2.75 bits per heavy atom. The second-order valence-electron chi connectivity index (χ2n) is 3.86. The summed E-state index contributed by atoms with van der Waals surface area (Å²) in [5.74, 6) is 0. The lowest BCUT2D eigenvalue weighted by atomic mass is 10.1. The van der Waals surface area contributed by atoms with Crippen LogP contribution >= 0.6 is 15.9 Å². The maximum atomic E-state index is 4.63. The monoisotopic (exact) mass is 278 g/mol. The molecule has 0 aliphatic rings. The van der Waals surface area contributed by atoms with Crippen LogP contribution in [0, 0.1) is 13.8 Å². The van der Waals surface area contributed by atoms with E-state index in [4.69, 9.17) is 0 Å². The molecule has 0 saturated carbocycles. The third-order valence-corrected chi connectivity index (χ3v) is 3.45. The summed E-state index contributed by atoms with van der Waals surface area (Å²) < 4.78 is 1.05. The zero-order valence-corrected chi connectivity index (χ0v) is 11.4. The van der Waals surface area contributed by atoms with Crippen LogP contribution < -0.4 is 5.32 Å². The first-order valence-corrected chi connectivity index (χ1v) is 6.23. The van der Waals surface area contributed by atoms with Crippen molar-refractivity contribution in [3.05, 3.63) is 33.9 Å². The molecule has 1 N–H and O–H groups in total. The predicted molar refractivity (Wildman–Crippen MR) is 73.1 cm³/mol. The van der Waals surface area contributed by atoms with Gasteiger partial charge in [-0.3, -0.25) is 4.98 Å². The number of fused-ring (bicyclic) bond motifs is 1. The van der Waals surface area contributed by atoms with Crippen LogP contribution in [0.3, 0.4) is 0 Å². The highest BCUT2D eigenvalue weighted by Crippen LogP contribution is 2.31. The number of rotatable bonds is 2. The average Bonchev–Trinajstić information content (AvgIpc) is 2.26. The van der Waals surface area contributed by atoms with Crippen LogP contribution in [0.1, 0.15) is 18.2 Å². The van der Waals surface area contributed by atoms with Crippen molar-refractivity contribution < 1.29 is 0 Å². The highest BCUT2D eigenvalue weighted by molar-refractivity contribution is 9.10. The van der Waals surface area contributed by atoms with Crippen molar-refractivity contribution in [2.24, 2.45) is 0 Å². The summed E-state index contributed by atoms with van der Waals surface area (Å²) in [7, 11) is 0. The molecule has 0 aliphatic carbocycles. The molecular weight excluding hydrogens is 264 g/mol. The van der Waals surface area contributed by atoms with Gasteiger partial charge in [-0.1, -0.05) is 12.1 Å². The molecule has 2 nitrogen and oxygen atoms in total. The Morgan fingerprint density at radius 2 is 2.06 bits per heavy atom. The minimum Gasteiger partial charge on any atom is -0.385 e. The number of aryl methyl sites for hydroxylation is 1. The van der Waals surface area contributed by atoms with Crippen LogP contribution in [0.5, 0.6) is 0 Å². The number of benzene rings is 1. The molecule has 0 aliphatic heterocycles. The first-order valence-electron chi connectivity index (χ1n) is 5.44. The van der Waals surface area contributed by atoms with Gasteiger partial charge in [0.2, 0.25) is 0 Å². The predicted octanol–water partition coefficient (Wildman–Crippen LogP) is 4.05. The van der Waals surface area contributed by atoms with E-state index in [1.807, 2.05) is 12.1 Å². The first-order chi connectivity index (χ1) is 7.65. The minimum atomic E-state index is 0.923. The van der Waals surface area contributed by atoms with Crippen LogP contribution in [0.2, 0.25) is 0 Å². The second kappa shape index (κ2) is 4.42. The topological polar surface area (TPSA) is 24.9 Å². The third-order valence-electron chi connectivity index (χ3n) is 2.81. The molecule has 2 aromatic rings. The van der Waals surface area contributed by atoms with Crippen molar-refractivity contribution in [2.75, 3.05) is 11.9 Å². The molecule has 2 rings (SSSR count). The lowest BCUT2D eigenvalue weighted by Gasteiger charge is -2.14. The fraction of sp³-hybridized carbons (Fsp3) is 0.308. The fourth-order valence-electron chi connectivity index (χ4n) is 1.87. The van der Waals surface area contributed by atoms with Gasteiger partial charge in [0.1, 0.15) is 0 Å². The quantitative estimate of drug-likeness (QED) is 0.897. The summed E-state index contributed by atoms with van der Waals surface area (Å²) in [6.07, 6.45) is 0. The van der Waals surface area contributed by atoms with Gasteiger partial charge in [0.25, 0.3) is 0 Å². The first kappa shape index (κ1) is 11.4. The molecule has 1 aromatic heterocycles. The number of nitrogens with zero attached hydrogens (tertiary/aromatic N) is 1. The van der Waals surface area contributed by atoms with E-state index in [9.17, 15) is 0 Å². The third kappa shape index (κ3) is 1.80. The standard InChI is InChI=1S/C13H15BrN2/c1-4-15-12-8(2)9(3)16-13-10(12)6-5-7-11(13)14/h5-7H,4H2,1-3H3,(H,15,16). The Kier molecular flexibility index (Phi) is 3.15. The van der Waals surface area contributed by atoms with Gasteiger partial charge in [-0.25, -0.2) is 0 Å². The van der Waals surface area contributed by atoms with Gasteiger partial charge in [0, 0.05) is 27.8 Å². The van der Waals surface area contributed by atoms with Crippen LogP contribution in [0.4, 0.5) is 5.69 Å². The molecule has 0 bridgehead atoms. The summed E-state index contributed by atoms with van der Waals surface area (Å²) >= 11 is 3.55. The van der Waals surface area contributed by atoms with Gasteiger partial charge in [-0.2, -0.15) is 0 Å². The Balaban J connectivity index is 2.83. The number of pyridine rings is 1. The zero-order valence-electron chi connectivity index (χ0n) is 9.76. The SMILES string of the molecule is CCNc1c(C)c(C)nc2c(Br)cccc12. The van der Waals surface area contributed by atoms with Crippen LogP contribution in [-0.4, -0.2) is 11.5 Å². The largest absolute Gasteiger partial charge is 0.385 e. The molecule has 1 aromatic carbocycles. The molecule has 1 heterocycles. The highest BCUT2D eigenvalue weighted by atomic mass is 79.9. The van der Waals surface area contributed by atoms with E-state index in [0.29, 0.717) is 0 Å². The number of anilines is 1. The number of hydrogen-bond acceptors (Lipinski definition) is 2. The number of para-hydroxylation sites is 1. The van der Waals surface area contributed by atoms with Gasteiger partial charge in [-0.05, 0) is 48.3 Å². The minimum absolute atomic E-state index is 0.923. The number of aromatic nitrogens is 1.